The fourth-order valence-corrected chi connectivity index (χ4v) is 3.94. The van der Waals surface area contributed by atoms with Crippen LogP contribution in [0.2, 0.25) is 5.02 Å². The van der Waals surface area contributed by atoms with Crippen molar-refractivity contribution < 1.29 is 14.3 Å². The first-order chi connectivity index (χ1) is 17.0. The molecule has 0 spiro atoms. The van der Waals surface area contributed by atoms with Crippen molar-refractivity contribution in [3.8, 4) is 11.5 Å². The molecule has 0 saturated heterocycles. The fourth-order valence-electron chi connectivity index (χ4n) is 3.81. The Morgan fingerprint density at radius 1 is 0.971 bits per heavy atom. The fraction of sp³-hybridized carbons (Fsp3) is 0.286. The van der Waals surface area contributed by atoms with Crippen LogP contribution in [0.3, 0.4) is 0 Å². The van der Waals surface area contributed by atoms with E-state index < -0.39 is 0 Å². The Hall–Kier alpha value is -3.51. The molecule has 4 rings (SSSR count). The van der Waals surface area contributed by atoms with E-state index in [4.69, 9.17) is 26.1 Å². The van der Waals surface area contributed by atoms with Gasteiger partial charge in [0.25, 0.3) is 5.91 Å². The number of nitrogens with zero attached hydrogens (tertiary/aromatic N) is 2. The van der Waals surface area contributed by atoms with Gasteiger partial charge in [-0.1, -0.05) is 49.7 Å². The number of amides is 1. The van der Waals surface area contributed by atoms with Crippen molar-refractivity contribution in [2.24, 2.45) is 0 Å². The molecule has 7 heteroatoms. The quantitative estimate of drug-likeness (QED) is 0.295. The number of carbonyl (C=O) groups is 1. The maximum Gasteiger partial charge on any atom is 0.257 e. The Kier molecular flexibility index (Phi) is 8.27. The van der Waals surface area contributed by atoms with Crippen LogP contribution in [0.4, 0.5) is 0 Å². The number of benzene rings is 3. The van der Waals surface area contributed by atoms with Gasteiger partial charge >= 0.3 is 0 Å². The highest BCUT2D eigenvalue weighted by molar-refractivity contribution is 6.30. The Labute approximate surface area is 210 Å². The molecule has 0 atom stereocenters. The minimum absolute atomic E-state index is 0.0541. The number of halogens is 1. The second-order valence-electron chi connectivity index (χ2n) is 8.58. The third-order valence-electron chi connectivity index (χ3n) is 5.72. The van der Waals surface area contributed by atoms with Crippen LogP contribution in [0.5, 0.6) is 11.5 Å². The van der Waals surface area contributed by atoms with Crippen LogP contribution >= 0.6 is 11.6 Å². The van der Waals surface area contributed by atoms with Crippen LogP contribution in [0, 0.1) is 0 Å². The highest BCUT2D eigenvalue weighted by atomic mass is 35.5. The molecular formula is C28H30ClN3O3. The molecule has 0 unspecified atom stereocenters. The lowest BCUT2D eigenvalue weighted by molar-refractivity contribution is -0.123. The van der Waals surface area contributed by atoms with Gasteiger partial charge in [-0.05, 0) is 60.0 Å². The highest BCUT2D eigenvalue weighted by Crippen LogP contribution is 2.20. The van der Waals surface area contributed by atoms with Crippen LogP contribution in [0.15, 0.2) is 72.8 Å². The van der Waals surface area contributed by atoms with Crippen molar-refractivity contribution >= 4 is 28.5 Å². The molecule has 3 aromatic carbocycles. The lowest BCUT2D eigenvalue weighted by atomic mass is 10.0. The lowest BCUT2D eigenvalue weighted by Gasteiger charge is -2.12. The van der Waals surface area contributed by atoms with Gasteiger partial charge in [0.05, 0.1) is 17.6 Å². The van der Waals surface area contributed by atoms with Gasteiger partial charge in [-0.25, -0.2) is 4.98 Å². The number of para-hydroxylation sites is 2. The van der Waals surface area contributed by atoms with Crippen molar-refractivity contribution in [1.29, 1.82) is 0 Å². The maximum absolute atomic E-state index is 12.2. The van der Waals surface area contributed by atoms with Crippen molar-refractivity contribution in [2.75, 3.05) is 19.8 Å². The monoisotopic (exact) mass is 491 g/mol. The van der Waals surface area contributed by atoms with Gasteiger partial charge in [-0.2, -0.15) is 0 Å². The number of rotatable bonds is 11. The second kappa shape index (κ2) is 11.8. The van der Waals surface area contributed by atoms with E-state index in [2.05, 4.69) is 41.9 Å². The van der Waals surface area contributed by atoms with E-state index >= 15 is 0 Å². The van der Waals surface area contributed by atoms with E-state index in [0.29, 0.717) is 42.8 Å². The first-order valence-corrected chi connectivity index (χ1v) is 12.2. The minimum Gasteiger partial charge on any atom is -0.492 e. The summed E-state index contributed by atoms with van der Waals surface area (Å²) in [5.74, 6) is 2.67. The van der Waals surface area contributed by atoms with Crippen molar-refractivity contribution in [1.82, 2.24) is 14.9 Å². The molecule has 0 aliphatic heterocycles. The van der Waals surface area contributed by atoms with E-state index in [1.807, 2.05) is 30.3 Å². The standard InChI is InChI=1S/C28H30ClN3O3/c1-20(2)21-7-11-23(12-8-21)34-18-17-32-26-6-4-3-5-25(26)31-27(32)15-16-30-28(33)19-35-24-13-9-22(29)10-14-24/h3-14,20H,15-19H2,1-2H3,(H,30,33). The summed E-state index contributed by atoms with van der Waals surface area (Å²) >= 11 is 5.87. The Morgan fingerprint density at radius 2 is 1.66 bits per heavy atom. The highest BCUT2D eigenvalue weighted by Gasteiger charge is 2.11. The predicted molar refractivity (Wildman–Crippen MR) is 139 cm³/mol. The summed E-state index contributed by atoms with van der Waals surface area (Å²) in [6.45, 7) is 5.95. The molecule has 4 aromatic rings. The molecular weight excluding hydrogens is 462 g/mol. The van der Waals surface area contributed by atoms with E-state index in [-0.39, 0.29) is 12.5 Å². The molecule has 1 aromatic heterocycles. The Bertz CT molecular complexity index is 1250. The average molecular weight is 492 g/mol. The maximum atomic E-state index is 12.2. The van der Waals surface area contributed by atoms with Crippen LogP contribution in [0.1, 0.15) is 31.2 Å². The van der Waals surface area contributed by atoms with Gasteiger partial charge in [0.1, 0.15) is 23.9 Å². The second-order valence-corrected chi connectivity index (χ2v) is 9.02. The molecule has 0 fully saturated rings. The van der Waals surface area contributed by atoms with Crippen molar-refractivity contribution in [3.05, 3.63) is 89.2 Å². The number of fused-ring (bicyclic) bond motifs is 1. The van der Waals surface area contributed by atoms with Gasteiger partial charge in [0.2, 0.25) is 0 Å². The molecule has 6 nitrogen and oxygen atoms in total. The zero-order valence-corrected chi connectivity index (χ0v) is 20.8. The molecule has 0 bridgehead atoms. The molecule has 182 valence electrons. The summed E-state index contributed by atoms with van der Waals surface area (Å²) in [5, 5.41) is 3.53. The first-order valence-electron chi connectivity index (χ1n) is 11.8. The first kappa shape index (κ1) is 24.6. The van der Waals surface area contributed by atoms with Gasteiger partial charge in [0.15, 0.2) is 6.61 Å². The van der Waals surface area contributed by atoms with Gasteiger partial charge in [-0.15, -0.1) is 0 Å². The van der Waals surface area contributed by atoms with E-state index in [0.717, 1.165) is 22.6 Å². The summed E-state index contributed by atoms with van der Waals surface area (Å²) in [7, 11) is 0. The number of aromatic nitrogens is 2. The Balaban J connectivity index is 1.32. The molecule has 35 heavy (non-hydrogen) atoms. The number of nitrogens with one attached hydrogen (secondary N) is 1. The van der Waals surface area contributed by atoms with Gasteiger partial charge < -0.3 is 19.4 Å². The third kappa shape index (κ3) is 6.76. The summed E-state index contributed by atoms with van der Waals surface area (Å²) in [4.78, 5) is 17.0. The molecule has 1 N–H and O–H groups in total. The molecule has 0 saturated carbocycles. The third-order valence-corrected chi connectivity index (χ3v) is 5.97. The van der Waals surface area contributed by atoms with E-state index in [1.165, 1.54) is 5.56 Å². The molecule has 0 radical (unpaired) electrons. The van der Waals surface area contributed by atoms with Crippen LogP contribution in [0.25, 0.3) is 11.0 Å². The summed E-state index contributed by atoms with van der Waals surface area (Å²) in [6, 6.07) is 23.2. The molecule has 1 amide bonds. The van der Waals surface area contributed by atoms with Crippen molar-refractivity contribution in [2.45, 2.75) is 32.7 Å². The normalized spacial score (nSPS) is 11.1. The van der Waals surface area contributed by atoms with Gasteiger partial charge in [-0.3, -0.25) is 4.79 Å². The number of hydrogen-bond acceptors (Lipinski definition) is 4. The SMILES string of the molecule is CC(C)c1ccc(OCCn2c(CCNC(=O)COc3ccc(Cl)cc3)nc3ccccc32)cc1. The van der Waals surface area contributed by atoms with E-state index in [9.17, 15) is 4.79 Å². The number of ether oxygens (including phenoxy) is 2. The number of imidazole rings is 1. The van der Waals surface area contributed by atoms with Crippen LogP contribution in [-0.2, 0) is 17.8 Å². The van der Waals surface area contributed by atoms with Crippen LogP contribution < -0.4 is 14.8 Å². The summed E-state index contributed by atoms with van der Waals surface area (Å²) in [5.41, 5.74) is 3.28. The largest absolute Gasteiger partial charge is 0.492 e. The van der Waals surface area contributed by atoms with Crippen molar-refractivity contribution in [3.63, 3.8) is 0 Å². The van der Waals surface area contributed by atoms with E-state index in [1.54, 1.807) is 24.3 Å². The zero-order chi connectivity index (χ0) is 24.6. The number of hydrogen-bond donors (Lipinski definition) is 1. The summed E-state index contributed by atoms with van der Waals surface area (Å²) < 4.78 is 13.7. The molecule has 0 aliphatic rings. The minimum atomic E-state index is -0.184. The zero-order valence-electron chi connectivity index (χ0n) is 20.0. The van der Waals surface area contributed by atoms with Gasteiger partial charge in [0, 0.05) is 18.0 Å². The molecule has 0 aliphatic carbocycles. The lowest BCUT2D eigenvalue weighted by Crippen LogP contribution is -2.31. The Morgan fingerprint density at radius 3 is 2.40 bits per heavy atom. The smallest absolute Gasteiger partial charge is 0.257 e. The van der Waals surface area contributed by atoms with Crippen LogP contribution in [-0.4, -0.2) is 35.2 Å². The summed E-state index contributed by atoms with van der Waals surface area (Å²) in [6.07, 6.45) is 0.602. The number of carbonyl (C=O) groups excluding carboxylic acids is 1. The predicted octanol–water partition coefficient (Wildman–Crippen LogP) is 5.63. The molecule has 1 heterocycles. The topological polar surface area (TPSA) is 65.4 Å². The average Bonchev–Trinajstić information content (AvgIpc) is 3.21.